The standard InChI is InChI=1S/C22H15BrN2O2/c23-17-11-7-10-16(14-17)21(26)19-20(15-8-3-1-4-9-15)24-25(22(19)27)18-12-5-2-6-13-18/h1-14,24H. The second kappa shape index (κ2) is 7.21. The van der Waals surface area contributed by atoms with Gasteiger partial charge in [-0.15, -0.1) is 0 Å². The van der Waals surface area contributed by atoms with Gasteiger partial charge >= 0.3 is 0 Å². The van der Waals surface area contributed by atoms with E-state index in [1.54, 1.807) is 18.2 Å². The fourth-order valence-corrected chi connectivity index (χ4v) is 3.39. The Hall–Kier alpha value is -3.18. The summed E-state index contributed by atoms with van der Waals surface area (Å²) >= 11 is 3.38. The molecule has 0 atom stereocenters. The molecule has 1 N–H and O–H groups in total. The molecular weight excluding hydrogens is 404 g/mol. The van der Waals surface area contributed by atoms with E-state index in [0.29, 0.717) is 16.9 Å². The van der Waals surface area contributed by atoms with Gasteiger partial charge in [0.05, 0.1) is 11.4 Å². The average molecular weight is 419 g/mol. The second-order valence-electron chi connectivity index (χ2n) is 6.04. The Morgan fingerprint density at radius 2 is 1.52 bits per heavy atom. The minimum absolute atomic E-state index is 0.128. The maximum Gasteiger partial charge on any atom is 0.283 e. The quantitative estimate of drug-likeness (QED) is 0.482. The molecule has 0 aliphatic rings. The van der Waals surface area contributed by atoms with Crippen LogP contribution in [0.5, 0.6) is 0 Å². The predicted octanol–water partition coefficient (Wildman–Crippen LogP) is 4.83. The summed E-state index contributed by atoms with van der Waals surface area (Å²) < 4.78 is 2.20. The van der Waals surface area contributed by atoms with Crippen molar-refractivity contribution in [1.82, 2.24) is 9.78 Å². The maximum absolute atomic E-state index is 13.2. The predicted molar refractivity (Wildman–Crippen MR) is 109 cm³/mol. The number of carbonyl (C=O) groups excluding carboxylic acids is 1. The number of aromatic nitrogens is 2. The van der Waals surface area contributed by atoms with E-state index in [-0.39, 0.29) is 16.9 Å². The van der Waals surface area contributed by atoms with E-state index in [1.165, 1.54) is 4.68 Å². The molecule has 0 aliphatic carbocycles. The molecule has 1 heterocycles. The number of rotatable bonds is 4. The Morgan fingerprint density at radius 1 is 0.852 bits per heavy atom. The Kier molecular flexibility index (Phi) is 4.60. The summed E-state index contributed by atoms with van der Waals surface area (Å²) in [4.78, 5) is 26.4. The van der Waals surface area contributed by atoms with Crippen molar-refractivity contribution in [3.63, 3.8) is 0 Å². The molecule has 27 heavy (non-hydrogen) atoms. The van der Waals surface area contributed by atoms with Crippen LogP contribution in [0.15, 0.2) is 94.2 Å². The van der Waals surface area contributed by atoms with Crippen LogP contribution >= 0.6 is 15.9 Å². The highest BCUT2D eigenvalue weighted by molar-refractivity contribution is 9.10. The fraction of sp³-hybridized carbons (Fsp3) is 0. The van der Waals surface area contributed by atoms with Crippen LogP contribution in [0.25, 0.3) is 16.9 Å². The molecule has 1 aromatic heterocycles. The average Bonchev–Trinajstić information content (AvgIpc) is 3.06. The van der Waals surface area contributed by atoms with Crippen LogP contribution in [0, 0.1) is 0 Å². The monoisotopic (exact) mass is 418 g/mol. The van der Waals surface area contributed by atoms with E-state index in [9.17, 15) is 9.59 Å². The fourth-order valence-electron chi connectivity index (χ4n) is 2.99. The first-order valence-electron chi connectivity index (χ1n) is 8.41. The maximum atomic E-state index is 13.2. The number of hydrogen-bond donors (Lipinski definition) is 1. The van der Waals surface area contributed by atoms with Gasteiger partial charge in [-0.2, -0.15) is 0 Å². The second-order valence-corrected chi connectivity index (χ2v) is 6.96. The molecule has 0 saturated carbocycles. The Balaban J connectivity index is 1.95. The number of para-hydroxylation sites is 1. The van der Waals surface area contributed by atoms with Gasteiger partial charge in [-0.3, -0.25) is 14.7 Å². The first-order valence-corrected chi connectivity index (χ1v) is 9.20. The lowest BCUT2D eigenvalue weighted by Crippen LogP contribution is -2.20. The largest absolute Gasteiger partial charge is 0.290 e. The highest BCUT2D eigenvalue weighted by Gasteiger charge is 2.24. The third kappa shape index (κ3) is 3.29. The zero-order valence-electron chi connectivity index (χ0n) is 14.2. The summed E-state index contributed by atoms with van der Waals surface area (Å²) in [5.41, 5.74) is 2.18. The summed E-state index contributed by atoms with van der Waals surface area (Å²) in [6.45, 7) is 0. The minimum atomic E-state index is -0.370. The Bertz CT molecular complexity index is 1160. The number of H-pyrrole nitrogens is 1. The molecule has 0 aliphatic heterocycles. The first kappa shape index (κ1) is 17.2. The van der Waals surface area contributed by atoms with Crippen LogP contribution in [0.3, 0.4) is 0 Å². The number of ketones is 1. The third-order valence-corrected chi connectivity index (χ3v) is 4.77. The lowest BCUT2D eigenvalue weighted by atomic mass is 10.0. The van der Waals surface area contributed by atoms with Gasteiger partial charge in [0.15, 0.2) is 0 Å². The van der Waals surface area contributed by atoms with Crippen LogP contribution < -0.4 is 5.56 Å². The zero-order chi connectivity index (χ0) is 18.8. The van der Waals surface area contributed by atoms with E-state index in [0.717, 1.165) is 10.0 Å². The number of halogens is 1. The van der Waals surface area contributed by atoms with E-state index >= 15 is 0 Å². The van der Waals surface area contributed by atoms with Crippen molar-refractivity contribution in [3.05, 3.63) is 111 Å². The van der Waals surface area contributed by atoms with E-state index in [2.05, 4.69) is 21.0 Å². The van der Waals surface area contributed by atoms with Gasteiger partial charge in [-0.25, -0.2) is 4.68 Å². The summed E-state index contributed by atoms with van der Waals surface area (Å²) in [5.74, 6) is -0.314. The van der Waals surface area contributed by atoms with Crippen molar-refractivity contribution in [2.24, 2.45) is 0 Å². The Labute approximate surface area is 164 Å². The minimum Gasteiger partial charge on any atom is -0.290 e. The summed E-state index contributed by atoms with van der Waals surface area (Å²) in [7, 11) is 0. The third-order valence-electron chi connectivity index (χ3n) is 4.28. The number of nitrogens with zero attached hydrogens (tertiary/aromatic N) is 1. The molecule has 0 amide bonds. The van der Waals surface area contributed by atoms with Crippen molar-refractivity contribution in [3.8, 4) is 16.9 Å². The van der Waals surface area contributed by atoms with Crippen molar-refractivity contribution in [2.45, 2.75) is 0 Å². The molecule has 5 heteroatoms. The molecule has 132 valence electrons. The number of carbonyl (C=O) groups is 1. The van der Waals surface area contributed by atoms with Crippen LogP contribution in [0.1, 0.15) is 15.9 Å². The van der Waals surface area contributed by atoms with Gasteiger partial charge in [-0.1, -0.05) is 76.6 Å². The number of aromatic amines is 1. The lowest BCUT2D eigenvalue weighted by Gasteiger charge is -2.03. The molecule has 0 unspecified atom stereocenters. The van der Waals surface area contributed by atoms with Gasteiger partial charge in [0, 0.05) is 15.6 Å². The molecular formula is C22H15BrN2O2. The van der Waals surface area contributed by atoms with Crippen molar-refractivity contribution in [2.75, 3.05) is 0 Å². The summed E-state index contributed by atoms with van der Waals surface area (Å²) in [5, 5.41) is 3.12. The number of nitrogens with one attached hydrogen (secondary N) is 1. The van der Waals surface area contributed by atoms with Gasteiger partial charge in [0.25, 0.3) is 5.56 Å². The van der Waals surface area contributed by atoms with Crippen LogP contribution in [-0.2, 0) is 0 Å². The number of benzene rings is 3. The topological polar surface area (TPSA) is 54.9 Å². The molecule has 0 saturated heterocycles. The molecule has 0 fully saturated rings. The first-order chi connectivity index (χ1) is 13.1. The molecule has 4 aromatic rings. The molecule has 0 bridgehead atoms. The van der Waals surface area contributed by atoms with Gasteiger partial charge in [0.1, 0.15) is 5.56 Å². The van der Waals surface area contributed by atoms with Crippen molar-refractivity contribution < 1.29 is 4.79 Å². The SMILES string of the molecule is O=C(c1cccc(Br)c1)c1c(-c2ccccc2)[nH]n(-c2ccccc2)c1=O. The summed E-state index contributed by atoms with van der Waals surface area (Å²) in [6, 6.07) is 25.7. The van der Waals surface area contributed by atoms with E-state index < -0.39 is 0 Å². The highest BCUT2D eigenvalue weighted by atomic mass is 79.9. The van der Waals surface area contributed by atoms with Gasteiger partial charge in [-0.05, 0) is 24.3 Å². The van der Waals surface area contributed by atoms with E-state index in [4.69, 9.17) is 0 Å². The highest BCUT2D eigenvalue weighted by Crippen LogP contribution is 2.24. The van der Waals surface area contributed by atoms with Crippen molar-refractivity contribution >= 4 is 21.7 Å². The molecule has 0 spiro atoms. The summed E-state index contributed by atoms with van der Waals surface area (Å²) in [6.07, 6.45) is 0. The molecule has 0 radical (unpaired) electrons. The zero-order valence-corrected chi connectivity index (χ0v) is 15.8. The van der Waals surface area contributed by atoms with Gasteiger partial charge in [0.2, 0.25) is 5.78 Å². The van der Waals surface area contributed by atoms with Gasteiger partial charge < -0.3 is 0 Å². The normalized spacial score (nSPS) is 10.7. The molecule has 4 rings (SSSR count). The lowest BCUT2D eigenvalue weighted by molar-refractivity contribution is 0.103. The smallest absolute Gasteiger partial charge is 0.283 e. The van der Waals surface area contributed by atoms with E-state index in [1.807, 2.05) is 66.7 Å². The molecule has 4 nitrogen and oxygen atoms in total. The van der Waals surface area contributed by atoms with Crippen LogP contribution in [-0.4, -0.2) is 15.6 Å². The van der Waals surface area contributed by atoms with Crippen LogP contribution in [0.4, 0.5) is 0 Å². The Morgan fingerprint density at radius 3 is 2.19 bits per heavy atom. The number of hydrogen-bond acceptors (Lipinski definition) is 2. The van der Waals surface area contributed by atoms with Crippen molar-refractivity contribution in [1.29, 1.82) is 0 Å². The van der Waals surface area contributed by atoms with Crippen LogP contribution in [0.2, 0.25) is 0 Å². The molecule has 3 aromatic carbocycles.